The second-order valence-electron chi connectivity index (χ2n) is 5.22. The minimum absolute atomic E-state index is 0.468. The third-order valence-corrected chi connectivity index (χ3v) is 3.86. The molecule has 102 valence electrons. The Kier molecular flexibility index (Phi) is 3.52. The fourth-order valence-electron chi connectivity index (χ4n) is 2.79. The minimum atomic E-state index is -0.748. The molecule has 1 aliphatic rings. The minimum Gasteiger partial charge on any atom is -0.480 e. The van der Waals surface area contributed by atoms with Crippen molar-refractivity contribution in [1.29, 1.82) is 0 Å². The van der Waals surface area contributed by atoms with Gasteiger partial charge in [-0.15, -0.1) is 0 Å². The third kappa shape index (κ3) is 2.58. The van der Waals surface area contributed by atoms with Crippen LogP contribution in [0, 0.1) is 0 Å². The van der Waals surface area contributed by atoms with Crippen molar-refractivity contribution in [3.05, 3.63) is 71.3 Å². The lowest BCUT2D eigenvalue weighted by Gasteiger charge is -2.23. The molecule has 20 heavy (non-hydrogen) atoms. The van der Waals surface area contributed by atoms with Gasteiger partial charge in [0.25, 0.3) is 0 Å². The zero-order valence-corrected chi connectivity index (χ0v) is 11.2. The third-order valence-electron chi connectivity index (χ3n) is 3.86. The number of carbonyl (C=O) groups is 1. The van der Waals surface area contributed by atoms with Gasteiger partial charge < -0.3 is 5.11 Å². The van der Waals surface area contributed by atoms with Crippen LogP contribution in [0.3, 0.4) is 0 Å². The molecule has 1 N–H and O–H groups in total. The molecule has 0 radical (unpaired) electrons. The lowest BCUT2D eigenvalue weighted by Crippen LogP contribution is -2.39. The zero-order chi connectivity index (χ0) is 13.9. The number of benzene rings is 2. The van der Waals surface area contributed by atoms with Crippen LogP contribution in [0.5, 0.6) is 0 Å². The predicted octanol–water partition coefficient (Wildman–Crippen LogP) is 2.70. The zero-order valence-electron chi connectivity index (χ0n) is 11.2. The summed E-state index contributed by atoms with van der Waals surface area (Å²) in [6.07, 6.45) is 0.546. The first-order chi connectivity index (χ1) is 9.74. The van der Waals surface area contributed by atoms with Gasteiger partial charge in [0.05, 0.1) is 0 Å². The smallest absolute Gasteiger partial charge is 0.321 e. The maximum absolute atomic E-state index is 11.6. The standard InChI is InChI=1S/C17H17NO2/c19-17(20)16(10-13-6-2-1-3-7-13)18-11-14-8-4-5-9-15(14)12-18/h1-9,16H,10-12H2,(H,19,20). The quantitative estimate of drug-likeness (QED) is 0.926. The number of rotatable bonds is 4. The van der Waals surface area contributed by atoms with Crippen LogP contribution in [-0.2, 0) is 24.3 Å². The van der Waals surface area contributed by atoms with Crippen molar-refractivity contribution < 1.29 is 9.90 Å². The number of nitrogens with zero attached hydrogens (tertiary/aromatic N) is 1. The van der Waals surface area contributed by atoms with Crippen molar-refractivity contribution in [2.24, 2.45) is 0 Å². The van der Waals surface area contributed by atoms with Crippen LogP contribution in [0.4, 0.5) is 0 Å². The summed E-state index contributed by atoms with van der Waals surface area (Å²) in [5, 5.41) is 9.53. The first-order valence-electron chi connectivity index (χ1n) is 6.81. The summed E-state index contributed by atoms with van der Waals surface area (Å²) in [6, 6.07) is 17.5. The topological polar surface area (TPSA) is 40.5 Å². The molecule has 2 aromatic carbocycles. The van der Waals surface area contributed by atoms with E-state index in [1.54, 1.807) is 0 Å². The van der Waals surface area contributed by atoms with Crippen LogP contribution in [0.15, 0.2) is 54.6 Å². The van der Waals surface area contributed by atoms with Crippen molar-refractivity contribution in [2.75, 3.05) is 0 Å². The van der Waals surface area contributed by atoms with Crippen molar-refractivity contribution in [3.63, 3.8) is 0 Å². The summed E-state index contributed by atoms with van der Waals surface area (Å²) >= 11 is 0. The van der Waals surface area contributed by atoms with Crippen LogP contribution in [0.1, 0.15) is 16.7 Å². The van der Waals surface area contributed by atoms with Gasteiger partial charge in [0, 0.05) is 13.1 Å². The molecule has 1 atom stereocenters. The molecule has 0 aliphatic carbocycles. The first kappa shape index (κ1) is 12.9. The van der Waals surface area contributed by atoms with Gasteiger partial charge in [0.15, 0.2) is 0 Å². The van der Waals surface area contributed by atoms with E-state index >= 15 is 0 Å². The van der Waals surface area contributed by atoms with Crippen LogP contribution >= 0.6 is 0 Å². The summed E-state index contributed by atoms with van der Waals surface area (Å²) < 4.78 is 0. The average molecular weight is 267 g/mol. The molecule has 1 heterocycles. The number of fused-ring (bicyclic) bond motifs is 1. The molecule has 0 aromatic heterocycles. The first-order valence-corrected chi connectivity index (χ1v) is 6.81. The maximum atomic E-state index is 11.6. The van der Waals surface area contributed by atoms with Crippen molar-refractivity contribution >= 4 is 5.97 Å². The van der Waals surface area contributed by atoms with Gasteiger partial charge in [-0.1, -0.05) is 54.6 Å². The van der Waals surface area contributed by atoms with E-state index in [1.807, 2.05) is 47.4 Å². The number of aliphatic carboxylic acids is 1. The fourth-order valence-corrected chi connectivity index (χ4v) is 2.79. The Morgan fingerprint density at radius 3 is 2.10 bits per heavy atom. The van der Waals surface area contributed by atoms with E-state index in [0.29, 0.717) is 6.42 Å². The normalized spacial score (nSPS) is 15.8. The molecular weight excluding hydrogens is 250 g/mol. The Bertz CT molecular complexity index is 584. The van der Waals surface area contributed by atoms with Gasteiger partial charge in [-0.3, -0.25) is 9.69 Å². The molecule has 0 bridgehead atoms. The summed E-state index contributed by atoms with van der Waals surface area (Å²) in [5.41, 5.74) is 3.55. The number of hydrogen-bond donors (Lipinski definition) is 1. The molecular formula is C17H17NO2. The van der Waals surface area contributed by atoms with Gasteiger partial charge in [-0.25, -0.2) is 0 Å². The molecule has 0 saturated heterocycles. The highest BCUT2D eigenvalue weighted by Gasteiger charge is 2.30. The fraction of sp³-hybridized carbons (Fsp3) is 0.235. The second kappa shape index (κ2) is 5.47. The van der Waals surface area contributed by atoms with E-state index in [-0.39, 0.29) is 0 Å². The molecule has 3 rings (SSSR count). The Labute approximate surface area is 118 Å². The van der Waals surface area contributed by atoms with E-state index in [1.165, 1.54) is 11.1 Å². The molecule has 1 aliphatic heterocycles. The summed E-state index contributed by atoms with van der Waals surface area (Å²) in [6.45, 7) is 1.44. The van der Waals surface area contributed by atoms with Gasteiger partial charge in [0.1, 0.15) is 6.04 Å². The predicted molar refractivity (Wildman–Crippen MR) is 77.3 cm³/mol. The monoisotopic (exact) mass is 267 g/mol. The molecule has 0 fully saturated rings. The number of carboxylic acids is 1. The van der Waals surface area contributed by atoms with E-state index in [2.05, 4.69) is 12.1 Å². The highest BCUT2D eigenvalue weighted by molar-refractivity contribution is 5.74. The molecule has 0 amide bonds. The molecule has 3 nitrogen and oxygen atoms in total. The highest BCUT2D eigenvalue weighted by atomic mass is 16.4. The molecule has 1 unspecified atom stereocenters. The van der Waals surface area contributed by atoms with Crippen molar-refractivity contribution in [3.8, 4) is 0 Å². The van der Waals surface area contributed by atoms with Crippen LogP contribution in [0.2, 0.25) is 0 Å². The van der Waals surface area contributed by atoms with Crippen LogP contribution in [0.25, 0.3) is 0 Å². The highest BCUT2D eigenvalue weighted by Crippen LogP contribution is 2.25. The second-order valence-corrected chi connectivity index (χ2v) is 5.22. The molecule has 0 saturated carbocycles. The van der Waals surface area contributed by atoms with Crippen molar-refractivity contribution in [2.45, 2.75) is 25.6 Å². The van der Waals surface area contributed by atoms with Crippen LogP contribution < -0.4 is 0 Å². The van der Waals surface area contributed by atoms with E-state index < -0.39 is 12.0 Å². The lowest BCUT2D eigenvalue weighted by molar-refractivity contribution is -0.143. The van der Waals surface area contributed by atoms with E-state index in [9.17, 15) is 9.90 Å². The van der Waals surface area contributed by atoms with Gasteiger partial charge >= 0.3 is 5.97 Å². The SMILES string of the molecule is O=C(O)C(Cc1ccccc1)N1Cc2ccccc2C1. The largest absolute Gasteiger partial charge is 0.480 e. The summed E-state index contributed by atoms with van der Waals surface area (Å²) in [7, 11) is 0. The van der Waals surface area contributed by atoms with E-state index in [4.69, 9.17) is 0 Å². The summed E-state index contributed by atoms with van der Waals surface area (Å²) in [5.74, 6) is -0.748. The Morgan fingerprint density at radius 2 is 1.55 bits per heavy atom. The number of hydrogen-bond acceptors (Lipinski definition) is 2. The summed E-state index contributed by atoms with van der Waals surface area (Å²) in [4.78, 5) is 13.6. The van der Waals surface area contributed by atoms with E-state index in [0.717, 1.165) is 18.7 Å². The Morgan fingerprint density at radius 1 is 1.00 bits per heavy atom. The van der Waals surface area contributed by atoms with Gasteiger partial charge in [-0.05, 0) is 23.1 Å². The maximum Gasteiger partial charge on any atom is 0.321 e. The molecule has 3 heteroatoms. The average Bonchev–Trinajstić information content (AvgIpc) is 2.89. The van der Waals surface area contributed by atoms with Gasteiger partial charge in [-0.2, -0.15) is 0 Å². The Hall–Kier alpha value is -2.13. The van der Waals surface area contributed by atoms with Crippen molar-refractivity contribution in [1.82, 2.24) is 4.90 Å². The molecule has 0 spiro atoms. The Balaban J connectivity index is 1.78. The number of carboxylic acid groups (broad SMARTS) is 1. The molecule has 2 aromatic rings. The van der Waals surface area contributed by atoms with Gasteiger partial charge in [0.2, 0.25) is 0 Å². The van der Waals surface area contributed by atoms with Crippen LogP contribution in [-0.4, -0.2) is 22.0 Å². The lowest BCUT2D eigenvalue weighted by atomic mass is 10.1.